The summed E-state index contributed by atoms with van der Waals surface area (Å²) in [5.74, 6) is 0.187. The molecular weight excluding hydrogens is 344 g/mol. The zero-order chi connectivity index (χ0) is 18.5. The van der Waals surface area contributed by atoms with Gasteiger partial charge in [0.25, 0.3) is 5.91 Å². The Morgan fingerprint density at radius 2 is 2.00 bits per heavy atom. The van der Waals surface area contributed by atoms with E-state index in [1.165, 1.54) is 37.6 Å². The molecule has 0 unspecified atom stereocenters. The lowest BCUT2D eigenvalue weighted by molar-refractivity contribution is -0.181. The Bertz CT molecular complexity index is 690. The molecular formula is C20H28N4O3. The van der Waals surface area contributed by atoms with E-state index in [0.29, 0.717) is 50.7 Å². The van der Waals surface area contributed by atoms with Gasteiger partial charge in [-0.3, -0.25) is 4.79 Å². The molecule has 2 aliphatic heterocycles. The molecule has 27 heavy (non-hydrogen) atoms. The van der Waals surface area contributed by atoms with Crippen LogP contribution < -0.4 is 5.32 Å². The van der Waals surface area contributed by atoms with Crippen molar-refractivity contribution in [1.82, 2.24) is 14.9 Å². The lowest BCUT2D eigenvalue weighted by Gasteiger charge is -2.37. The van der Waals surface area contributed by atoms with Crippen LogP contribution in [0.3, 0.4) is 0 Å². The summed E-state index contributed by atoms with van der Waals surface area (Å²) < 4.78 is 11.5. The summed E-state index contributed by atoms with van der Waals surface area (Å²) in [7, 11) is 0. The molecule has 4 rings (SSSR count). The third-order valence-corrected chi connectivity index (χ3v) is 5.65. The minimum Gasteiger partial charge on any atom is -0.370 e. The molecule has 1 aromatic rings. The Hall–Kier alpha value is -1.99. The maximum absolute atomic E-state index is 12.8. The molecule has 3 aliphatic rings. The smallest absolute Gasteiger partial charge is 0.272 e. The van der Waals surface area contributed by atoms with Gasteiger partial charge in [0.15, 0.2) is 5.79 Å². The van der Waals surface area contributed by atoms with Gasteiger partial charge in [-0.05, 0) is 32.1 Å². The number of likely N-dealkylation sites (tertiary alicyclic amines) is 1. The zero-order valence-electron chi connectivity index (χ0n) is 15.8. The number of hydrogen-bond donors (Lipinski definition) is 1. The standard InChI is InChI=1S/C20H28N4O3/c25-19(24-10-7-20(8-11-24)26-12-13-27-20)17-14-18(23-15-22-17)21-9-6-16-4-2-1-3-5-16/h4,14-15H,1-3,5-13H2,(H,21,22,23). The van der Waals surface area contributed by atoms with Gasteiger partial charge in [-0.1, -0.05) is 11.6 Å². The van der Waals surface area contributed by atoms with E-state index in [1.807, 2.05) is 4.90 Å². The monoisotopic (exact) mass is 372 g/mol. The lowest BCUT2D eigenvalue weighted by atomic mass is 9.97. The molecule has 3 heterocycles. The number of nitrogens with zero attached hydrogens (tertiary/aromatic N) is 3. The Balaban J connectivity index is 1.30. The van der Waals surface area contributed by atoms with Crippen LogP contribution >= 0.6 is 0 Å². The molecule has 0 saturated carbocycles. The molecule has 1 amide bonds. The SMILES string of the molecule is O=C(c1cc(NCCC2=CCCCC2)ncn1)N1CCC2(CC1)OCCO2. The summed E-state index contributed by atoms with van der Waals surface area (Å²) in [6.45, 7) is 3.37. The highest BCUT2D eigenvalue weighted by Crippen LogP contribution is 2.31. The number of piperidine rings is 1. The Morgan fingerprint density at radius 1 is 1.19 bits per heavy atom. The third-order valence-electron chi connectivity index (χ3n) is 5.65. The van der Waals surface area contributed by atoms with Gasteiger partial charge in [-0.2, -0.15) is 0 Å². The number of allylic oxidation sites excluding steroid dienone is 1. The summed E-state index contributed by atoms with van der Waals surface area (Å²) in [4.78, 5) is 23.1. The summed E-state index contributed by atoms with van der Waals surface area (Å²) in [5.41, 5.74) is 1.96. The van der Waals surface area contributed by atoms with E-state index in [2.05, 4.69) is 21.4 Å². The van der Waals surface area contributed by atoms with Gasteiger partial charge in [0.1, 0.15) is 17.8 Å². The molecule has 1 aromatic heterocycles. The fourth-order valence-corrected chi connectivity index (χ4v) is 4.05. The van der Waals surface area contributed by atoms with Crippen molar-refractivity contribution in [3.8, 4) is 0 Å². The largest absolute Gasteiger partial charge is 0.370 e. The number of carbonyl (C=O) groups excluding carboxylic acids is 1. The zero-order valence-corrected chi connectivity index (χ0v) is 15.8. The van der Waals surface area contributed by atoms with Crippen molar-refractivity contribution in [2.24, 2.45) is 0 Å². The predicted octanol–water partition coefficient (Wildman–Crippen LogP) is 2.76. The molecule has 146 valence electrons. The first-order valence-electron chi connectivity index (χ1n) is 10.1. The van der Waals surface area contributed by atoms with Crippen LogP contribution in [0.25, 0.3) is 0 Å². The molecule has 0 atom stereocenters. The lowest BCUT2D eigenvalue weighted by Crippen LogP contribution is -2.47. The molecule has 0 radical (unpaired) electrons. The summed E-state index contributed by atoms with van der Waals surface area (Å²) in [5, 5.41) is 3.33. The molecule has 1 spiro atoms. The van der Waals surface area contributed by atoms with E-state index in [4.69, 9.17) is 9.47 Å². The molecule has 0 aromatic carbocycles. The van der Waals surface area contributed by atoms with Crippen LogP contribution in [0.1, 0.15) is 55.4 Å². The molecule has 1 aliphatic carbocycles. The van der Waals surface area contributed by atoms with Crippen LogP contribution in [-0.2, 0) is 9.47 Å². The number of hydrogen-bond acceptors (Lipinski definition) is 6. The quantitative estimate of drug-likeness (QED) is 0.801. The second-order valence-corrected chi connectivity index (χ2v) is 7.47. The highest BCUT2D eigenvalue weighted by atomic mass is 16.7. The van der Waals surface area contributed by atoms with Crippen molar-refractivity contribution >= 4 is 11.7 Å². The van der Waals surface area contributed by atoms with E-state index in [9.17, 15) is 4.79 Å². The van der Waals surface area contributed by atoms with Crippen molar-refractivity contribution in [3.63, 3.8) is 0 Å². The summed E-state index contributed by atoms with van der Waals surface area (Å²) >= 11 is 0. The number of aromatic nitrogens is 2. The van der Waals surface area contributed by atoms with Crippen LogP contribution in [-0.4, -0.2) is 59.4 Å². The average molecular weight is 372 g/mol. The second-order valence-electron chi connectivity index (χ2n) is 7.47. The Morgan fingerprint density at radius 3 is 2.74 bits per heavy atom. The van der Waals surface area contributed by atoms with E-state index >= 15 is 0 Å². The summed E-state index contributed by atoms with van der Waals surface area (Å²) in [6.07, 6.45) is 11.3. The normalized spacial score (nSPS) is 21.9. The van der Waals surface area contributed by atoms with Crippen molar-refractivity contribution in [2.45, 2.75) is 50.7 Å². The number of ether oxygens (including phenoxy) is 2. The third kappa shape index (κ3) is 4.47. The minimum atomic E-state index is -0.469. The number of anilines is 1. The van der Waals surface area contributed by atoms with Gasteiger partial charge in [-0.25, -0.2) is 9.97 Å². The molecule has 7 nitrogen and oxygen atoms in total. The van der Waals surface area contributed by atoms with Gasteiger partial charge < -0.3 is 19.7 Å². The van der Waals surface area contributed by atoms with Crippen LogP contribution in [0.2, 0.25) is 0 Å². The maximum Gasteiger partial charge on any atom is 0.272 e. The van der Waals surface area contributed by atoms with E-state index < -0.39 is 5.79 Å². The van der Waals surface area contributed by atoms with Gasteiger partial charge in [0.2, 0.25) is 0 Å². The van der Waals surface area contributed by atoms with E-state index in [-0.39, 0.29) is 5.91 Å². The van der Waals surface area contributed by atoms with Gasteiger partial charge in [0, 0.05) is 38.5 Å². The van der Waals surface area contributed by atoms with Crippen molar-refractivity contribution in [3.05, 3.63) is 29.7 Å². The van der Waals surface area contributed by atoms with Crippen LogP contribution in [0, 0.1) is 0 Å². The van der Waals surface area contributed by atoms with Crippen LogP contribution in [0.4, 0.5) is 5.82 Å². The van der Waals surface area contributed by atoms with Gasteiger partial charge >= 0.3 is 0 Å². The van der Waals surface area contributed by atoms with Gasteiger partial charge in [0.05, 0.1) is 13.2 Å². The number of rotatable bonds is 5. The van der Waals surface area contributed by atoms with Crippen LogP contribution in [0.5, 0.6) is 0 Å². The predicted molar refractivity (Wildman–Crippen MR) is 101 cm³/mol. The Kier molecular flexibility index (Phi) is 5.69. The van der Waals surface area contributed by atoms with Crippen molar-refractivity contribution in [2.75, 3.05) is 38.2 Å². The van der Waals surface area contributed by atoms with Crippen LogP contribution in [0.15, 0.2) is 24.0 Å². The first-order valence-corrected chi connectivity index (χ1v) is 10.1. The van der Waals surface area contributed by atoms with E-state index in [0.717, 1.165) is 13.0 Å². The molecule has 2 fully saturated rings. The van der Waals surface area contributed by atoms with E-state index in [1.54, 1.807) is 6.07 Å². The van der Waals surface area contributed by atoms with Crippen molar-refractivity contribution in [1.29, 1.82) is 0 Å². The van der Waals surface area contributed by atoms with Gasteiger partial charge in [-0.15, -0.1) is 0 Å². The maximum atomic E-state index is 12.8. The highest BCUT2D eigenvalue weighted by molar-refractivity contribution is 5.93. The summed E-state index contributed by atoms with van der Waals surface area (Å²) in [6, 6.07) is 1.75. The number of carbonyl (C=O) groups is 1. The Labute approximate surface area is 160 Å². The average Bonchev–Trinajstić information content (AvgIpc) is 3.17. The van der Waals surface area contributed by atoms with Crippen molar-refractivity contribution < 1.29 is 14.3 Å². The highest BCUT2D eigenvalue weighted by Gasteiger charge is 2.41. The first-order chi connectivity index (χ1) is 13.2. The topological polar surface area (TPSA) is 76.6 Å². The fourth-order valence-electron chi connectivity index (χ4n) is 4.05. The number of nitrogens with one attached hydrogen (secondary N) is 1. The molecule has 1 N–H and O–H groups in total. The fraction of sp³-hybridized carbons (Fsp3) is 0.650. The number of amides is 1. The second kappa shape index (κ2) is 8.35. The molecule has 0 bridgehead atoms. The minimum absolute atomic E-state index is 0.0525. The first kappa shape index (κ1) is 18.4. The molecule has 7 heteroatoms. The molecule has 2 saturated heterocycles.